The van der Waals surface area contributed by atoms with Crippen molar-refractivity contribution >= 4 is 57.3 Å². The van der Waals surface area contributed by atoms with Crippen LogP contribution in [0.3, 0.4) is 0 Å². The third-order valence-corrected chi connectivity index (χ3v) is 8.38. The standard InChI is InChI=1S/C21H34N4O10.C15H12/c26-16(11-23-18(29)13-5-2-1-3-6-13)22-9-10-35-12-15(20(32)33)25-21(34)24-14(19(30)31)7-4-8-17(27)28;1-11-14-8-4-2-6-12(14)10-13-7-3-5-9-15(11)13/h13-15H,1-12H2,(H,22,26)(H,23,29)(H,27,28)(H,30,31)(H,32,33)(H2,24,25,34);2-10H,1H3/t14-,15-;/m0./s1. The molecule has 0 radical (unpaired) electrons. The molecule has 1 aliphatic rings. The molecule has 0 aliphatic heterocycles. The van der Waals surface area contributed by atoms with Crippen LogP contribution in [0.2, 0.25) is 0 Å². The molecule has 1 fully saturated rings. The first-order valence-electron chi connectivity index (χ1n) is 16.7. The molecule has 0 aromatic heterocycles. The summed E-state index contributed by atoms with van der Waals surface area (Å²) in [6.45, 7) is 1.55. The van der Waals surface area contributed by atoms with E-state index < -0.39 is 48.5 Å². The van der Waals surface area contributed by atoms with Crippen LogP contribution >= 0.6 is 0 Å². The van der Waals surface area contributed by atoms with E-state index in [0.29, 0.717) is 0 Å². The normalized spacial score (nSPS) is 14.0. The molecule has 0 bridgehead atoms. The molecule has 0 spiro atoms. The molecule has 3 aromatic rings. The minimum atomic E-state index is -1.49. The first-order chi connectivity index (χ1) is 24.0. The fourth-order valence-electron chi connectivity index (χ4n) is 5.69. The minimum absolute atomic E-state index is 0.00797. The number of aryl methyl sites for hydroxylation is 1. The lowest BCUT2D eigenvalue weighted by atomic mass is 9.89. The second-order valence-electron chi connectivity index (χ2n) is 12.1. The maximum atomic E-state index is 12.0. The number of carbonyl (C=O) groups excluding carboxylic acids is 3. The average Bonchev–Trinajstić information content (AvgIpc) is 3.10. The zero-order chi connectivity index (χ0) is 36.5. The molecule has 3 aromatic carbocycles. The van der Waals surface area contributed by atoms with Crippen LogP contribution in [0.5, 0.6) is 0 Å². The smallest absolute Gasteiger partial charge is 0.328 e. The number of nitrogens with one attached hydrogen (secondary N) is 4. The van der Waals surface area contributed by atoms with Crippen LogP contribution in [0.1, 0.15) is 56.9 Å². The van der Waals surface area contributed by atoms with Crippen molar-refractivity contribution in [1.82, 2.24) is 21.3 Å². The molecule has 270 valence electrons. The van der Waals surface area contributed by atoms with E-state index in [4.69, 9.17) is 14.9 Å². The number of amides is 4. The number of carbonyl (C=O) groups is 6. The summed E-state index contributed by atoms with van der Waals surface area (Å²) in [6, 6.07) is 15.4. The van der Waals surface area contributed by atoms with Gasteiger partial charge in [0.15, 0.2) is 6.04 Å². The van der Waals surface area contributed by atoms with Gasteiger partial charge in [-0.2, -0.15) is 0 Å². The number of carboxylic acids is 3. The summed E-state index contributed by atoms with van der Waals surface area (Å²) in [5.74, 6) is -4.55. The SMILES string of the molecule is Cc1c2ccccc2cc2ccccc12.O=C(O)CCC[C@H](NC(=O)N[C@@H](COCCNC(=O)CNC(=O)C1CCCCC1)C(=O)O)C(=O)O. The zero-order valence-electron chi connectivity index (χ0n) is 28.1. The second kappa shape index (κ2) is 20.3. The highest BCUT2D eigenvalue weighted by Gasteiger charge is 2.25. The van der Waals surface area contributed by atoms with Crippen LogP contribution in [-0.4, -0.2) is 89.5 Å². The molecule has 1 saturated carbocycles. The number of rotatable bonds is 16. The average molecular weight is 695 g/mol. The number of aliphatic carboxylic acids is 3. The van der Waals surface area contributed by atoms with Gasteiger partial charge < -0.3 is 41.3 Å². The van der Waals surface area contributed by atoms with Gasteiger partial charge in [-0.05, 0) is 65.8 Å². The lowest BCUT2D eigenvalue weighted by Crippen LogP contribution is -2.52. The fraction of sp³-hybridized carbons (Fsp3) is 0.444. The Morgan fingerprint density at radius 3 is 1.96 bits per heavy atom. The van der Waals surface area contributed by atoms with Crippen molar-refractivity contribution in [3.8, 4) is 0 Å². The lowest BCUT2D eigenvalue weighted by Gasteiger charge is -2.20. The zero-order valence-corrected chi connectivity index (χ0v) is 28.1. The molecule has 2 atom stereocenters. The number of benzene rings is 3. The summed E-state index contributed by atoms with van der Waals surface area (Å²) in [5, 5.41) is 41.6. The number of hydrogen-bond acceptors (Lipinski definition) is 7. The van der Waals surface area contributed by atoms with Gasteiger partial charge in [-0.3, -0.25) is 14.4 Å². The maximum Gasteiger partial charge on any atom is 0.328 e. The summed E-state index contributed by atoms with van der Waals surface area (Å²) in [4.78, 5) is 68.9. The van der Waals surface area contributed by atoms with E-state index in [0.717, 1.165) is 32.1 Å². The van der Waals surface area contributed by atoms with Crippen LogP contribution in [0.15, 0.2) is 54.6 Å². The highest BCUT2D eigenvalue weighted by molar-refractivity contribution is 6.01. The Labute approximate surface area is 289 Å². The van der Waals surface area contributed by atoms with Gasteiger partial charge >= 0.3 is 23.9 Å². The largest absolute Gasteiger partial charge is 0.481 e. The summed E-state index contributed by atoms with van der Waals surface area (Å²) in [7, 11) is 0. The van der Waals surface area contributed by atoms with Crippen molar-refractivity contribution in [3.63, 3.8) is 0 Å². The van der Waals surface area contributed by atoms with Crippen molar-refractivity contribution in [3.05, 3.63) is 60.2 Å². The Kier molecular flexibility index (Phi) is 15.9. The van der Waals surface area contributed by atoms with Crippen molar-refractivity contribution in [1.29, 1.82) is 0 Å². The Balaban J connectivity index is 0.000000366. The van der Waals surface area contributed by atoms with Crippen molar-refractivity contribution < 1.29 is 48.8 Å². The summed E-state index contributed by atoms with van der Waals surface area (Å²) >= 11 is 0. The van der Waals surface area contributed by atoms with Gasteiger partial charge in [0.05, 0.1) is 19.8 Å². The predicted octanol–water partition coefficient (Wildman–Crippen LogP) is 3.58. The first kappa shape index (κ1) is 39.2. The quantitative estimate of drug-likeness (QED) is 0.0853. The highest BCUT2D eigenvalue weighted by atomic mass is 16.5. The Hall–Kier alpha value is -5.24. The van der Waals surface area contributed by atoms with Gasteiger partial charge in [-0.1, -0.05) is 67.8 Å². The fourth-order valence-corrected chi connectivity index (χ4v) is 5.69. The van der Waals surface area contributed by atoms with Crippen molar-refractivity contribution in [2.75, 3.05) is 26.3 Å². The second-order valence-corrected chi connectivity index (χ2v) is 12.1. The molecular formula is C36H46N4O10. The summed E-state index contributed by atoms with van der Waals surface area (Å²) in [5.41, 5.74) is 1.38. The monoisotopic (exact) mass is 694 g/mol. The van der Waals surface area contributed by atoms with Gasteiger partial charge in [0.2, 0.25) is 11.8 Å². The predicted molar refractivity (Wildman–Crippen MR) is 186 cm³/mol. The Morgan fingerprint density at radius 2 is 1.38 bits per heavy atom. The highest BCUT2D eigenvalue weighted by Crippen LogP contribution is 2.27. The van der Waals surface area contributed by atoms with E-state index in [1.165, 1.54) is 27.1 Å². The van der Waals surface area contributed by atoms with E-state index in [-0.39, 0.29) is 50.8 Å². The van der Waals surface area contributed by atoms with Gasteiger partial charge in [-0.25, -0.2) is 14.4 Å². The van der Waals surface area contributed by atoms with Crippen LogP contribution in [0.25, 0.3) is 21.5 Å². The van der Waals surface area contributed by atoms with Crippen molar-refractivity contribution in [2.45, 2.75) is 70.4 Å². The third-order valence-electron chi connectivity index (χ3n) is 8.38. The maximum absolute atomic E-state index is 12.0. The van der Waals surface area contributed by atoms with Crippen LogP contribution in [0, 0.1) is 12.8 Å². The third kappa shape index (κ3) is 13.0. The van der Waals surface area contributed by atoms with E-state index in [1.54, 1.807) is 0 Å². The summed E-state index contributed by atoms with van der Waals surface area (Å²) < 4.78 is 5.17. The van der Waals surface area contributed by atoms with Gasteiger partial charge in [0, 0.05) is 18.9 Å². The topological polar surface area (TPSA) is 220 Å². The van der Waals surface area contributed by atoms with E-state index in [9.17, 15) is 33.9 Å². The van der Waals surface area contributed by atoms with Crippen molar-refractivity contribution in [2.24, 2.45) is 5.92 Å². The van der Waals surface area contributed by atoms with Crippen LogP contribution in [0.4, 0.5) is 4.79 Å². The number of carboxylic acid groups (broad SMARTS) is 3. The molecule has 50 heavy (non-hydrogen) atoms. The van der Waals surface area contributed by atoms with E-state index in [2.05, 4.69) is 82.8 Å². The molecular weight excluding hydrogens is 648 g/mol. The van der Waals surface area contributed by atoms with E-state index >= 15 is 0 Å². The number of fused-ring (bicyclic) bond motifs is 2. The van der Waals surface area contributed by atoms with Crippen LogP contribution in [-0.2, 0) is 28.7 Å². The van der Waals surface area contributed by atoms with Gasteiger partial charge in [0.25, 0.3) is 0 Å². The molecule has 0 heterocycles. The number of urea groups is 1. The molecule has 1 aliphatic carbocycles. The van der Waals surface area contributed by atoms with Gasteiger partial charge in [0.1, 0.15) is 6.04 Å². The Bertz CT molecular complexity index is 1590. The first-order valence-corrected chi connectivity index (χ1v) is 16.7. The summed E-state index contributed by atoms with van der Waals surface area (Å²) in [6.07, 6.45) is 4.34. The number of hydrogen-bond donors (Lipinski definition) is 7. The molecule has 0 unspecified atom stereocenters. The van der Waals surface area contributed by atoms with E-state index in [1.807, 2.05) is 0 Å². The molecule has 7 N–H and O–H groups in total. The molecule has 14 heteroatoms. The number of ether oxygens (including phenoxy) is 1. The Morgan fingerprint density at radius 1 is 0.800 bits per heavy atom. The molecule has 14 nitrogen and oxygen atoms in total. The lowest BCUT2D eigenvalue weighted by molar-refractivity contribution is -0.141. The molecule has 4 amide bonds. The van der Waals surface area contributed by atoms with Gasteiger partial charge in [-0.15, -0.1) is 0 Å². The molecule has 0 saturated heterocycles. The molecule has 4 rings (SSSR count). The minimum Gasteiger partial charge on any atom is -0.481 e. The van der Waals surface area contributed by atoms with Crippen LogP contribution < -0.4 is 21.3 Å².